The number of benzene rings is 1. The van der Waals surface area contributed by atoms with Gasteiger partial charge in [0.05, 0.1) is 5.56 Å². The van der Waals surface area contributed by atoms with Gasteiger partial charge in [-0.1, -0.05) is 19.9 Å². The molecule has 0 heterocycles. The molecule has 0 aromatic heterocycles. The van der Waals surface area contributed by atoms with Crippen molar-refractivity contribution in [2.24, 2.45) is 5.41 Å². The number of anilines is 1. The standard InChI is InChI=1S/C12H16BrNO3/c1-12(2,7-15)6-14-9-5-3-4-8(13)10(9)11(16)17/h3-5,14-15H,6-7H2,1-2H3,(H,16,17). The number of rotatable bonds is 5. The molecule has 3 N–H and O–H groups in total. The van der Waals surface area contributed by atoms with Crippen molar-refractivity contribution in [3.05, 3.63) is 28.2 Å². The van der Waals surface area contributed by atoms with Crippen LogP contribution in [-0.4, -0.2) is 29.3 Å². The highest BCUT2D eigenvalue weighted by Gasteiger charge is 2.19. The molecule has 0 bridgehead atoms. The maximum Gasteiger partial charge on any atom is 0.338 e. The average Bonchev–Trinajstić information content (AvgIpc) is 2.26. The third kappa shape index (κ3) is 3.71. The van der Waals surface area contributed by atoms with Gasteiger partial charge in [-0.15, -0.1) is 0 Å². The van der Waals surface area contributed by atoms with Gasteiger partial charge in [0.15, 0.2) is 0 Å². The highest BCUT2D eigenvalue weighted by Crippen LogP contribution is 2.26. The lowest BCUT2D eigenvalue weighted by Crippen LogP contribution is -2.27. The van der Waals surface area contributed by atoms with Crippen molar-refractivity contribution >= 4 is 27.6 Å². The zero-order chi connectivity index (χ0) is 13.1. The third-order valence-electron chi connectivity index (χ3n) is 2.41. The highest BCUT2D eigenvalue weighted by molar-refractivity contribution is 9.10. The van der Waals surface area contributed by atoms with Gasteiger partial charge in [-0.2, -0.15) is 0 Å². The van der Waals surface area contributed by atoms with Gasteiger partial charge in [0, 0.05) is 28.7 Å². The Hall–Kier alpha value is -1.07. The first kappa shape index (κ1) is 14.0. The fourth-order valence-electron chi connectivity index (χ4n) is 1.28. The van der Waals surface area contributed by atoms with E-state index in [1.807, 2.05) is 13.8 Å². The van der Waals surface area contributed by atoms with E-state index >= 15 is 0 Å². The molecule has 0 unspecified atom stereocenters. The van der Waals surface area contributed by atoms with Crippen molar-refractivity contribution in [1.82, 2.24) is 0 Å². The van der Waals surface area contributed by atoms with Crippen molar-refractivity contribution in [2.75, 3.05) is 18.5 Å². The van der Waals surface area contributed by atoms with Crippen molar-refractivity contribution in [1.29, 1.82) is 0 Å². The van der Waals surface area contributed by atoms with Crippen LogP contribution in [0.2, 0.25) is 0 Å². The predicted molar refractivity (Wildman–Crippen MR) is 70.5 cm³/mol. The maximum atomic E-state index is 11.1. The van der Waals surface area contributed by atoms with E-state index in [0.29, 0.717) is 16.7 Å². The summed E-state index contributed by atoms with van der Waals surface area (Å²) < 4.78 is 0.539. The minimum absolute atomic E-state index is 0.0381. The van der Waals surface area contributed by atoms with Gasteiger partial charge >= 0.3 is 5.97 Å². The summed E-state index contributed by atoms with van der Waals surface area (Å²) in [5.74, 6) is -0.984. The van der Waals surface area contributed by atoms with E-state index in [2.05, 4.69) is 21.2 Å². The van der Waals surface area contributed by atoms with E-state index in [1.165, 1.54) is 0 Å². The van der Waals surface area contributed by atoms with Gasteiger partial charge in [0.1, 0.15) is 0 Å². The van der Waals surface area contributed by atoms with Crippen LogP contribution in [0.25, 0.3) is 0 Å². The Morgan fingerprint density at radius 1 is 1.47 bits per heavy atom. The number of hydrogen-bond donors (Lipinski definition) is 3. The van der Waals surface area contributed by atoms with Gasteiger partial charge in [-0.25, -0.2) is 4.79 Å². The van der Waals surface area contributed by atoms with Crippen LogP contribution in [-0.2, 0) is 0 Å². The number of carboxylic acid groups (broad SMARTS) is 1. The Labute approximate surface area is 109 Å². The van der Waals surface area contributed by atoms with E-state index in [1.54, 1.807) is 18.2 Å². The molecule has 0 aliphatic rings. The van der Waals surface area contributed by atoms with E-state index in [4.69, 9.17) is 10.2 Å². The summed E-state index contributed by atoms with van der Waals surface area (Å²) in [4.78, 5) is 11.1. The molecule has 0 saturated carbocycles. The molecule has 0 fully saturated rings. The van der Waals surface area contributed by atoms with E-state index in [0.717, 1.165) is 0 Å². The van der Waals surface area contributed by atoms with Gasteiger partial charge in [-0.3, -0.25) is 0 Å². The molecule has 1 aromatic carbocycles. The summed E-state index contributed by atoms with van der Waals surface area (Å²) in [6, 6.07) is 5.16. The van der Waals surface area contributed by atoms with Crippen molar-refractivity contribution in [3.63, 3.8) is 0 Å². The minimum Gasteiger partial charge on any atom is -0.478 e. The quantitative estimate of drug-likeness (QED) is 0.782. The summed E-state index contributed by atoms with van der Waals surface area (Å²) in [7, 11) is 0. The van der Waals surface area contributed by atoms with E-state index < -0.39 is 5.97 Å². The van der Waals surface area contributed by atoms with Gasteiger partial charge in [-0.05, 0) is 28.1 Å². The summed E-state index contributed by atoms with van der Waals surface area (Å²) in [5, 5.41) is 21.3. The number of carboxylic acids is 1. The van der Waals surface area contributed by atoms with Crippen LogP contribution < -0.4 is 5.32 Å². The normalized spacial score (nSPS) is 11.3. The van der Waals surface area contributed by atoms with Crippen molar-refractivity contribution < 1.29 is 15.0 Å². The topological polar surface area (TPSA) is 69.6 Å². The lowest BCUT2D eigenvalue weighted by atomic mass is 9.95. The number of aliphatic hydroxyl groups is 1. The van der Waals surface area contributed by atoms with Crippen molar-refractivity contribution in [2.45, 2.75) is 13.8 Å². The van der Waals surface area contributed by atoms with Crippen LogP contribution in [0, 0.1) is 5.41 Å². The second-order valence-electron chi connectivity index (χ2n) is 4.64. The van der Waals surface area contributed by atoms with Crippen LogP contribution in [0.15, 0.2) is 22.7 Å². The fraction of sp³-hybridized carbons (Fsp3) is 0.417. The Bertz CT molecular complexity index is 418. The van der Waals surface area contributed by atoms with Gasteiger partial charge in [0.2, 0.25) is 0 Å². The zero-order valence-corrected chi connectivity index (χ0v) is 11.4. The summed E-state index contributed by atoms with van der Waals surface area (Å²) in [6.07, 6.45) is 0. The second-order valence-corrected chi connectivity index (χ2v) is 5.50. The molecule has 4 nitrogen and oxygen atoms in total. The summed E-state index contributed by atoms with van der Waals surface area (Å²) >= 11 is 3.22. The van der Waals surface area contributed by atoms with Crippen LogP contribution >= 0.6 is 15.9 Å². The number of carbonyl (C=O) groups is 1. The third-order valence-corrected chi connectivity index (χ3v) is 3.07. The first-order chi connectivity index (χ1) is 7.87. The molecule has 0 radical (unpaired) electrons. The van der Waals surface area contributed by atoms with Crippen LogP contribution in [0.4, 0.5) is 5.69 Å². The molecule has 0 saturated heterocycles. The summed E-state index contributed by atoms with van der Waals surface area (Å²) in [5.41, 5.74) is 0.465. The lowest BCUT2D eigenvalue weighted by molar-refractivity contribution is 0.0697. The van der Waals surface area contributed by atoms with Crippen molar-refractivity contribution in [3.8, 4) is 0 Å². The van der Waals surface area contributed by atoms with Gasteiger partial charge in [0.25, 0.3) is 0 Å². The number of hydrogen-bond acceptors (Lipinski definition) is 3. The maximum absolute atomic E-state index is 11.1. The van der Waals surface area contributed by atoms with Crippen LogP contribution in [0.3, 0.4) is 0 Å². The molecule has 0 aliphatic heterocycles. The monoisotopic (exact) mass is 301 g/mol. The minimum atomic E-state index is -0.984. The first-order valence-electron chi connectivity index (χ1n) is 5.24. The Morgan fingerprint density at radius 3 is 2.65 bits per heavy atom. The van der Waals surface area contributed by atoms with E-state index in [-0.39, 0.29) is 17.6 Å². The largest absolute Gasteiger partial charge is 0.478 e. The summed E-state index contributed by atoms with van der Waals surface area (Å²) in [6.45, 7) is 4.34. The number of halogens is 1. The zero-order valence-electron chi connectivity index (χ0n) is 9.83. The molecule has 1 aromatic rings. The first-order valence-corrected chi connectivity index (χ1v) is 6.03. The number of nitrogens with one attached hydrogen (secondary N) is 1. The van der Waals surface area contributed by atoms with E-state index in [9.17, 15) is 4.79 Å². The molecule has 0 aliphatic carbocycles. The molecule has 94 valence electrons. The van der Waals surface area contributed by atoms with Gasteiger partial charge < -0.3 is 15.5 Å². The molecule has 1 rings (SSSR count). The highest BCUT2D eigenvalue weighted by atomic mass is 79.9. The van der Waals surface area contributed by atoms with Crippen LogP contribution in [0.5, 0.6) is 0 Å². The smallest absolute Gasteiger partial charge is 0.338 e. The number of aromatic carboxylic acids is 1. The fourth-order valence-corrected chi connectivity index (χ4v) is 1.82. The molecule has 5 heteroatoms. The Morgan fingerprint density at radius 2 is 2.12 bits per heavy atom. The molecule has 0 atom stereocenters. The molecule has 17 heavy (non-hydrogen) atoms. The Balaban J connectivity index is 2.92. The second kappa shape index (κ2) is 5.51. The molecular weight excluding hydrogens is 286 g/mol. The molecule has 0 spiro atoms. The predicted octanol–water partition coefficient (Wildman–Crippen LogP) is 2.58. The molecular formula is C12H16BrNO3. The number of aliphatic hydroxyl groups excluding tert-OH is 1. The SMILES string of the molecule is CC(C)(CO)CNc1cccc(Br)c1C(=O)O. The van der Waals surface area contributed by atoms with Crippen LogP contribution in [0.1, 0.15) is 24.2 Å². The molecule has 0 amide bonds. The Kier molecular flexibility index (Phi) is 4.54. The lowest BCUT2D eigenvalue weighted by Gasteiger charge is -2.23. The average molecular weight is 302 g/mol.